The molecule has 1 nitrogen and oxygen atoms in total. The van der Waals surface area contributed by atoms with E-state index in [0.29, 0.717) is 12.1 Å². The van der Waals surface area contributed by atoms with E-state index < -0.39 is 34.9 Å². The lowest BCUT2D eigenvalue weighted by molar-refractivity contribution is -0.185. The van der Waals surface area contributed by atoms with Crippen molar-refractivity contribution in [2.45, 2.75) is 64.4 Å². The Morgan fingerprint density at radius 3 is 1.89 bits per heavy atom. The van der Waals surface area contributed by atoms with E-state index in [0.717, 1.165) is 24.8 Å². The summed E-state index contributed by atoms with van der Waals surface area (Å²) in [5.74, 6) is -5.69. The van der Waals surface area contributed by atoms with Crippen LogP contribution in [0.25, 0.3) is 0 Å². The molecule has 0 heterocycles. The third-order valence-corrected chi connectivity index (χ3v) is 4.56. The highest BCUT2D eigenvalue weighted by Gasteiger charge is 2.35. The number of ether oxygens (including phenoxy) is 1. The molecule has 0 aliphatic carbocycles. The fourth-order valence-electron chi connectivity index (χ4n) is 2.95. The van der Waals surface area contributed by atoms with Crippen LogP contribution in [0.3, 0.4) is 0 Å². The van der Waals surface area contributed by atoms with Crippen molar-refractivity contribution in [3.8, 4) is 5.75 Å². The van der Waals surface area contributed by atoms with E-state index in [9.17, 15) is 22.0 Å². The molecule has 0 fully saturated rings. The van der Waals surface area contributed by atoms with Gasteiger partial charge in [0.15, 0.2) is 17.5 Å². The molecule has 0 aliphatic rings. The second kappa shape index (κ2) is 10.4. The quantitative estimate of drug-likeness (QED) is 0.215. The van der Waals surface area contributed by atoms with Gasteiger partial charge in [-0.1, -0.05) is 57.6 Å². The Kier molecular flexibility index (Phi) is 8.27. The van der Waals surface area contributed by atoms with Crippen LogP contribution in [0.4, 0.5) is 22.0 Å². The minimum atomic E-state index is -3.80. The molecule has 0 atom stereocenters. The zero-order valence-corrected chi connectivity index (χ0v) is 15.9. The van der Waals surface area contributed by atoms with E-state index in [1.54, 1.807) is 12.1 Å². The summed E-state index contributed by atoms with van der Waals surface area (Å²) in [5.41, 5.74) is 0.493. The zero-order valence-electron chi connectivity index (χ0n) is 15.9. The van der Waals surface area contributed by atoms with Gasteiger partial charge in [-0.15, -0.1) is 0 Å². The van der Waals surface area contributed by atoms with Crippen molar-refractivity contribution in [3.05, 3.63) is 65.0 Å². The van der Waals surface area contributed by atoms with Crippen LogP contribution >= 0.6 is 0 Å². The second-order valence-electron chi connectivity index (χ2n) is 6.89. The van der Waals surface area contributed by atoms with Crippen molar-refractivity contribution in [2.24, 2.45) is 0 Å². The first-order valence-electron chi connectivity index (χ1n) is 9.64. The van der Waals surface area contributed by atoms with Crippen LogP contribution in [-0.2, 0) is 12.5 Å². The summed E-state index contributed by atoms with van der Waals surface area (Å²) in [6, 6.07) is 6.42. The lowest BCUT2D eigenvalue weighted by Crippen LogP contribution is -2.22. The molecular weight excluding hydrogens is 375 g/mol. The van der Waals surface area contributed by atoms with Gasteiger partial charge in [0.05, 0.1) is 5.56 Å². The molecule has 0 aliphatic heterocycles. The van der Waals surface area contributed by atoms with E-state index in [1.165, 1.54) is 44.2 Å². The topological polar surface area (TPSA) is 9.23 Å². The fraction of sp³-hybridized carbons (Fsp3) is 0.455. The molecule has 0 N–H and O–H groups in total. The van der Waals surface area contributed by atoms with Crippen molar-refractivity contribution in [1.82, 2.24) is 0 Å². The number of hydrogen-bond acceptors (Lipinski definition) is 1. The van der Waals surface area contributed by atoms with Gasteiger partial charge < -0.3 is 4.74 Å². The Morgan fingerprint density at radius 1 is 0.786 bits per heavy atom. The van der Waals surface area contributed by atoms with E-state index in [4.69, 9.17) is 0 Å². The molecule has 154 valence electrons. The van der Waals surface area contributed by atoms with Crippen molar-refractivity contribution in [1.29, 1.82) is 0 Å². The summed E-state index contributed by atoms with van der Waals surface area (Å²) in [6.45, 7) is 2.18. The highest BCUT2D eigenvalue weighted by molar-refractivity contribution is 5.29. The van der Waals surface area contributed by atoms with E-state index in [1.807, 2.05) is 0 Å². The van der Waals surface area contributed by atoms with Crippen LogP contribution in [0.1, 0.15) is 63.0 Å². The molecular formula is C22H25F5O. The van der Waals surface area contributed by atoms with Crippen molar-refractivity contribution >= 4 is 0 Å². The summed E-state index contributed by atoms with van der Waals surface area (Å²) in [6.07, 6.45) is 5.22. The number of halogens is 5. The van der Waals surface area contributed by atoms with Gasteiger partial charge in [0.2, 0.25) is 0 Å². The first kappa shape index (κ1) is 22.2. The van der Waals surface area contributed by atoms with Crippen molar-refractivity contribution in [2.75, 3.05) is 0 Å². The minimum Gasteiger partial charge on any atom is -0.429 e. The van der Waals surface area contributed by atoms with Gasteiger partial charge in [0.1, 0.15) is 5.75 Å². The largest absolute Gasteiger partial charge is 0.429 e. The Bertz CT molecular complexity index is 720. The Labute approximate surface area is 162 Å². The van der Waals surface area contributed by atoms with Gasteiger partial charge in [0, 0.05) is 12.1 Å². The summed E-state index contributed by atoms with van der Waals surface area (Å²) < 4.78 is 72.1. The molecule has 0 saturated heterocycles. The van der Waals surface area contributed by atoms with Crippen LogP contribution in [0, 0.1) is 17.5 Å². The van der Waals surface area contributed by atoms with Gasteiger partial charge in [-0.2, -0.15) is 8.78 Å². The molecule has 0 spiro atoms. The van der Waals surface area contributed by atoms with Crippen LogP contribution in [0.5, 0.6) is 5.75 Å². The summed E-state index contributed by atoms with van der Waals surface area (Å²) in [5, 5.41) is 0. The van der Waals surface area contributed by atoms with Crippen LogP contribution in [-0.4, -0.2) is 0 Å². The Balaban J connectivity index is 1.89. The maximum atomic E-state index is 14.2. The van der Waals surface area contributed by atoms with Gasteiger partial charge in [-0.25, -0.2) is 13.2 Å². The molecule has 28 heavy (non-hydrogen) atoms. The summed E-state index contributed by atoms with van der Waals surface area (Å²) >= 11 is 0. The molecule has 0 saturated carbocycles. The monoisotopic (exact) mass is 400 g/mol. The average Bonchev–Trinajstić information content (AvgIpc) is 2.65. The minimum absolute atomic E-state index is 0.390. The average molecular weight is 400 g/mol. The molecule has 2 rings (SSSR count). The second-order valence-corrected chi connectivity index (χ2v) is 6.89. The van der Waals surface area contributed by atoms with Crippen molar-refractivity contribution < 1.29 is 26.7 Å². The number of benzene rings is 2. The smallest absolute Gasteiger partial charge is 0.426 e. The third kappa shape index (κ3) is 6.50. The zero-order chi connectivity index (χ0) is 20.6. The maximum Gasteiger partial charge on any atom is 0.426 e. The Morgan fingerprint density at radius 2 is 1.32 bits per heavy atom. The van der Waals surface area contributed by atoms with E-state index in [2.05, 4.69) is 11.7 Å². The normalized spacial score (nSPS) is 11.6. The predicted octanol–water partition coefficient (Wildman–Crippen LogP) is 7.53. The van der Waals surface area contributed by atoms with Gasteiger partial charge in [0.25, 0.3) is 0 Å². The first-order valence-corrected chi connectivity index (χ1v) is 9.64. The number of alkyl halides is 2. The van der Waals surface area contributed by atoms with Crippen molar-refractivity contribution in [3.63, 3.8) is 0 Å². The lowest BCUT2D eigenvalue weighted by atomic mass is 10.0. The molecule has 0 radical (unpaired) electrons. The number of unbranched alkanes of at least 4 members (excludes halogenated alkanes) is 6. The fourth-order valence-corrected chi connectivity index (χ4v) is 2.95. The maximum absolute atomic E-state index is 14.2. The number of rotatable bonds is 11. The lowest BCUT2D eigenvalue weighted by Gasteiger charge is -2.18. The highest BCUT2D eigenvalue weighted by atomic mass is 19.3. The molecule has 2 aromatic carbocycles. The summed E-state index contributed by atoms with van der Waals surface area (Å²) in [7, 11) is 0. The van der Waals surface area contributed by atoms with Gasteiger partial charge in [-0.05, 0) is 30.5 Å². The predicted molar refractivity (Wildman–Crippen MR) is 99.0 cm³/mol. The van der Waals surface area contributed by atoms with Gasteiger partial charge in [-0.3, -0.25) is 0 Å². The molecule has 0 amide bonds. The van der Waals surface area contributed by atoms with E-state index in [-0.39, 0.29) is 0 Å². The number of aryl methyl sites for hydroxylation is 1. The summed E-state index contributed by atoms with van der Waals surface area (Å²) in [4.78, 5) is 0. The highest BCUT2D eigenvalue weighted by Crippen LogP contribution is 2.33. The number of hydrogen-bond donors (Lipinski definition) is 0. The van der Waals surface area contributed by atoms with Crippen LogP contribution < -0.4 is 4.74 Å². The SMILES string of the molecule is CCCCCCCCCc1ccc(C(F)(F)Oc2cc(F)c(F)c(F)c2)cc1. The van der Waals surface area contributed by atoms with Crippen LogP contribution in [0.15, 0.2) is 36.4 Å². The standard InChI is InChI=1S/C22H25F5O/c1-2-3-4-5-6-7-8-9-16-10-12-17(13-11-16)22(26,27)28-18-14-19(23)21(25)20(24)15-18/h10-15H,2-9H2,1H3. The van der Waals surface area contributed by atoms with E-state index >= 15 is 0 Å². The van der Waals surface area contributed by atoms with Gasteiger partial charge >= 0.3 is 6.11 Å². The molecule has 0 aromatic heterocycles. The third-order valence-electron chi connectivity index (χ3n) is 4.56. The molecule has 2 aromatic rings. The molecule has 6 heteroatoms. The van der Waals surface area contributed by atoms with Crippen LogP contribution in [0.2, 0.25) is 0 Å². The first-order chi connectivity index (χ1) is 13.3. The molecule has 0 unspecified atom stereocenters. The molecule has 0 bridgehead atoms. The Hall–Kier alpha value is -2.11.